The summed E-state index contributed by atoms with van der Waals surface area (Å²) in [5.41, 5.74) is 3.23. The summed E-state index contributed by atoms with van der Waals surface area (Å²) in [6.45, 7) is 3.20. The lowest BCUT2D eigenvalue weighted by Gasteiger charge is -2.19. The van der Waals surface area contributed by atoms with Crippen molar-refractivity contribution >= 4 is 15.8 Å². The van der Waals surface area contributed by atoms with Crippen LogP contribution in [-0.4, -0.2) is 41.3 Å². The molecule has 1 aliphatic carbocycles. The lowest BCUT2D eigenvalue weighted by atomic mass is 9.96. The highest BCUT2D eigenvalue weighted by Gasteiger charge is 2.44. The molecule has 29 heavy (non-hydrogen) atoms. The third-order valence-corrected chi connectivity index (χ3v) is 6.73. The van der Waals surface area contributed by atoms with Gasteiger partial charge in [-0.05, 0) is 54.7 Å². The molecule has 0 atom stereocenters. The van der Waals surface area contributed by atoms with Gasteiger partial charge in [-0.25, -0.2) is 8.42 Å². The van der Waals surface area contributed by atoms with E-state index < -0.39 is 9.84 Å². The number of benzene rings is 2. The minimum absolute atomic E-state index is 0.150. The number of aryl methyl sites for hydroxylation is 1. The lowest BCUT2D eigenvalue weighted by molar-refractivity contribution is 0.414. The quantitative estimate of drug-likeness (QED) is 0.537. The van der Waals surface area contributed by atoms with Gasteiger partial charge in [0.05, 0.1) is 12.0 Å². The van der Waals surface area contributed by atoms with Crippen LogP contribution in [0.3, 0.4) is 0 Å². The molecule has 0 spiro atoms. The van der Waals surface area contributed by atoms with Gasteiger partial charge in [-0.3, -0.25) is 4.99 Å². The summed E-state index contributed by atoms with van der Waals surface area (Å²) in [6, 6.07) is 13.7. The molecule has 0 aliphatic heterocycles. The molecule has 0 amide bonds. The normalized spacial score (nSPS) is 15.7. The molecule has 1 aliphatic rings. The number of nitrogens with zero attached hydrogens (tertiary/aromatic N) is 1. The predicted octanol–water partition coefficient (Wildman–Crippen LogP) is 2.80. The van der Waals surface area contributed by atoms with Crippen molar-refractivity contribution in [2.45, 2.75) is 36.6 Å². The minimum atomic E-state index is -3.20. The smallest absolute Gasteiger partial charge is 0.191 e. The first kappa shape index (κ1) is 21.2. The van der Waals surface area contributed by atoms with Gasteiger partial charge in [0.1, 0.15) is 5.75 Å². The average Bonchev–Trinajstić information content (AvgIpc) is 3.48. The molecule has 0 bridgehead atoms. The molecule has 1 fully saturated rings. The number of rotatable bonds is 7. The second-order valence-corrected chi connectivity index (χ2v) is 9.64. The maximum absolute atomic E-state index is 11.8. The predicted molar refractivity (Wildman–Crippen MR) is 116 cm³/mol. The number of sulfone groups is 1. The molecular weight excluding hydrogens is 386 g/mol. The van der Waals surface area contributed by atoms with Crippen LogP contribution in [0.25, 0.3) is 0 Å². The van der Waals surface area contributed by atoms with Gasteiger partial charge in [-0.15, -0.1) is 0 Å². The van der Waals surface area contributed by atoms with E-state index in [1.165, 1.54) is 11.8 Å². The lowest BCUT2D eigenvalue weighted by Crippen LogP contribution is -2.40. The van der Waals surface area contributed by atoms with Gasteiger partial charge < -0.3 is 15.4 Å². The van der Waals surface area contributed by atoms with Crippen LogP contribution in [0.4, 0.5) is 0 Å². The molecule has 6 nitrogen and oxygen atoms in total. The van der Waals surface area contributed by atoms with E-state index in [-0.39, 0.29) is 5.41 Å². The van der Waals surface area contributed by atoms with Crippen LogP contribution in [0.2, 0.25) is 0 Å². The number of hydrogen-bond donors (Lipinski definition) is 2. The Morgan fingerprint density at radius 3 is 2.34 bits per heavy atom. The van der Waals surface area contributed by atoms with Crippen LogP contribution in [0, 0.1) is 6.92 Å². The summed E-state index contributed by atoms with van der Waals surface area (Å²) in [4.78, 5) is 4.69. The third kappa shape index (κ3) is 5.09. The number of nitrogens with one attached hydrogen (secondary N) is 2. The van der Waals surface area contributed by atoms with E-state index in [0.29, 0.717) is 11.4 Å². The fourth-order valence-electron chi connectivity index (χ4n) is 3.56. The van der Waals surface area contributed by atoms with Gasteiger partial charge in [-0.2, -0.15) is 0 Å². The van der Waals surface area contributed by atoms with Crippen LogP contribution in [0.1, 0.15) is 29.5 Å². The van der Waals surface area contributed by atoms with Crippen molar-refractivity contribution in [3.63, 3.8) is 0 Å². The molecule has 0 aromatic heterocycles. The highest BCUT2D eigenvalue weighted by Crippen LogP contribution is 2.47. The van der Waals surface area contributed by atoms with E-state index in [0.717, 1.165) is 42.2 Å². The SMILES string of the molecule is CN=C(NCc1ccc(S(C)(=O)=O)c(C)c1)NCC1(c2ccc(OC)cc2)CC1. The van der Waals surface area contributed by atoms with Gasteiger partial charge in [0.15, 0.2) is 15.8 Å². The van der Waals surface area contributed by atoms with Crippen molar-refractivity contribution in [3.8, 4) is 5.75 Å². The molecule has 1 saturated carbocycles. The van der Waals surface area contributed by atoms with E-state index in [1.54, 1.807) is 20.2 Å². The number of hydrogen-bond acceptors (Lipinski definition) is 4. The topological polar surface area (TPSA) is 79.8 Å². The molecule has 156 valence electrons. The van der Waals surface area contributed by atoms with Gasteiger partial charge >= 0.3 is 0 Å². The first-order valence-electron chi connectivity index (χ1n) is 9.66. The molecule has 7 heteroatoms. The van der Waals surface area contributed by atoms with Crippen molar-refractivity contribution in [3.05, 3.63) is 59.2 Å². The summed E-state index contributed by atoms with van der Waals surface area (Å²) < 4.78 is 28.8. The van der Waals surface area contributed by atoms with Gasteiger partial charge in [0, 0.05) is 31.8 Å². The van der Waals surface area contributed by atoms with E-state index >= 15 is 0 Å². The summed E-state index contributed by atoms with van der Waals surface area (Å²) >= 11 is 0. The number of ether oxygens (including phenoxy) is 1. The van der Waals surface area contributed by atoms with Crippen molar-refractivity contribution in [2.75, 3.05) is 27.0 Å². The van der Waals surface area contributed by atoms with Crippen LogP contribution in [0.5, 0.6) is 5.75 Å². The molecule has 2 N–H and O–H groups in total. The van der Waals surface area contributed by atoms with E-state index in [2.05, 4.69) is 27.8 Å². The summed E-state index contributed by atoms with van der Waals surface area (Å²) in [5.74, 6) is 1.60. The Kier molecular flexibility index (Phi) is 6.17. The zero-order valence-corrected chi connectivity index (χ0v) is 18.3. The van der Waals surface area contributed by atoms with Crippen molar-refractivity contribution < 1.29 is 13.2 Å². The Bertz CT molecular complexity index is 994. The maximum Gasteiger partial charge on any atom is 0.191 e. The zero-order valence-electron chi connectivity index (χ0n) is 17.5. The Hall–Kier alpha value is -2.54. The summed E-state index contributed by atoms with van der Waals surface area (Å²) in [7, 11) is 0.227. The van der Waals surface area contributed by atoms with Gasteiger partial charge in [0.2, 0.25) is 0 Å². The Balaban J connectivity index is 1.58. The van der Waals surface area contributed by atoms with Crippen LogP contribution in [0.15, 0.2) is 52.4 Å². The number of guanidine groups is 1. The number of methoxy groups -OCH3 is 1. The van der Waals surface area contributed by atoms with Crippen LogP contribution < -0.4 is 15.4 Å². The van der Waals surface area contributed by atoms with E-state index in [1.807, 2.05) is 31.2 Å². The molecular formula is C22H29N3O3S. The van der Waals surface area contributed by atoms with Gasteiger partial charge in [0.25, 0.3) is 0 Å². The first-order valence-corrected chi connectivity index (χ1v) is 11.6. The molecule has 0 heterocycles. The summed E-state index contributed by atoms with van der Waals surface area (Å²) in [6.07, 6.45) is 3.53. The van der Waals surface area contributed by atoms with Crippen molar-refractivity contribution in [2.24, 2.45) is 4.99 Å². The second kappa shape index (κ2) is 8.45. The van der Waals surface area contributed by atoms with Crippen molar-refractivity contribution in [1.82, 2.24) is 10.6 Å². The van der Waals surface area contributed by atoms with Gasteiger partial charge in [-0.1, -0.05) is 24.3 Å². The standard InChI is InChI=1S/C22H29N3O3S/c1-16-13-17(5-10-20(16)29(4,26)27)14-24-21(23-2)25-15-22(11-12-22)18-6-8-19(28-3)9-7-18/h5-10,13H,11-12,14-15H2,1-4H3,(H2,23,24,25). The monoisotopic (exact) mass is 415 g/mol. The third-order valence-electron chi connectivity index (χ3n) is 5.47. The largest absolute Gasteiger partial charge is 0.497 e. The maximum atomic E-state index is 11.8. The second-order valence-electron chi connectivity index (χ2n) is 7.66. The zero-order chi connectivity index (χ0) is 21.1. The fourth-order valence-corrected chi connectivity index (χ4v) is 4.52. The highest BCUT2D eigenvalue weighted by molar-refractivity contribution is 7.90. The van der Waals surface area contributed by atoms with Crippen molar-refractivity contribution in [1.29, 1.82) is 0 Å². The van der Waals surface area contributed by atoms with Crippen LogP contribution >= 0.6 is 0 Å². The Morgan fingerprint density at radius 2 is 1.83 bits per heavy atom. The molecule has 3 rings (SSSR count). The minimum Gasteiger partial charge on any atom is -0.497 e. The van der Waals surface area contributed by atoms with E-state index in [4.69, 9.17) is 4.74 Å². The molecule has 2 aromatic rings. The average molecular weight is 416 g/mol. The fraction of sp³-hybridized carbons (Fsp3) is 0.409. The van der Waals surface area contributed by atoms with E-state index in [9.17, 15) is 8.42 Å². The molecule has 2 aromatic carbocycles. The molecule has 0 unspecified atom stereocenters. The first-order chi connectivity index (χ1) is 13.8. The number of aliphatic imine (C=N–C) groups is 1. The van der Waals surface area contributed by atoms with Crippen LogP contribution in [-0.2, 0) is 21.8 Å². The Labute approximate surface area is 173 Å². The molecule has 0 saturated heterocycles. The Morgan fingerprint density at radius 1 is 1.14 bits per heavy atom. The molecule has 0 radical (unpaired) electrons. The highest BCUT2D eigenvalue weighted by atomic mass is 32.2. The summed E-state index contributed by atoms with van der Waals surface area (Å²) in [5, 5.41) is 6.74.